The molecule has 23 heavy (non-hydrogen) atoms. The Hall–Kier alpha value is -2.07. The Morgan fingerprint density at radius 3 is 2.30 bits per heavy atom. The second-order valence-corrected chi connectivity index (χ2v) is 6.99. The number of rotatable bonds is 4. The van der Waals surface area contributed by atoms with Crippen LogP contribution < -0.4 is 5.73 Å². The van der Waals surface area contributed by atoms with E-state index in [0.29, 0.717) is 18.1 Å². The Morgan fingerprint density at radius 1 is 1.17 bits per heavy atom. The average Bonchev–Trinajstić information content (AvgIpc) is 3.02. The molecular formula is C19H26N2O2. The van der Waals surface area contributed by atoms with E-state index in [-0.39, 0.29) is 17.4 Å². The Bertz CT molecular complexity index is 665. The van der Waals surface area contributed by atoms with Gasteiger partial charge >= 0.3 is 0 Å². The van der Waals surface area contributed by atoms with Crippen molar-refractivity contribution >= 4 is 5.91 Å². The van der Waals surface area contributed by atoms with Crippen LogP contribution in [0.3, 0.4) is 0 Å². The van der Waals surface area contributed by atoms with Gasteiger partial charge in [0.2, 0.25) is 0 Å². The minimum Gasteiger partial charge on any atom is -0.451 e. The first-order valence-electron chi connectivity index (χ1n) is 7.92. The summed E-state index contributed by atoms with van der Waals surface area (Å²) in [7, 11) is 1.74. The lowest BCUT2D eigenvalue weighted by Crippen LogP contribution is -2.39. The SMILES string of the molecule is CC(CN)N(C)C(=O)c1ccc(-c2ccc(C(C)(C)C)cc2)o1. The normalized spacial score (nSPS) is 13.0. The van der Waals surface area contributed by atoms with Gasteiger partial charge in [0.15, 0.2) is 5.76 Å². The molecule has 0 saturated heterocycles. The van der Waals surface area contributed by atoms with Crippen LogP contribution in [0.1, 0.15) is 43.8 Å². The number of nitrogens with zero attached hydrogens (tertiary/aromatic N) is 1. The molecule has 0 bridgehead atoms. The molecule has 1 heterocycles. The maximum atomic E-state index is 12.4. The second kappa shape index (κ2) is 6.59. The maximum absolute atomic E-state index is 12.4. The van der Waals surface area contributed by atoms with Crippen LogP contribution in [-0.4, -0.2) is 30.4 Å². The highest BCUT2D eigenvalue weighted by atomic mass is 16.4. The van der Waals surface area contributed by atoms with Crippen molar-refractivity contribution in [1.82, 2.24) is 4.90 Å². The molecule has 1 amide bonds. The molecule has 1 atom stereocenters. The Labute approximate surface area is 138 Å². The number of hydrogen-bond donors (Lipinski definition) is 1. The minimum atomic E-state index is -0.152. The molecule has 0 aliphatic carbocycles. The van der Waals surface area contributed by atoms with Crippen LogP contribution in [0.25, 0.3) is 11.3 Å². The lowest BCUT2D eigenvalue weighted by molar-refractivity contribution is 0.0717. The molecule has 2 rings (SSSR count). The zero-order valence-electron chi connectivity index (χ0n) is 14.6. The van der Waals surface area contributed by atoms with E-state index in [1.54, 1.807) is 18.0 Å². The fraction of sp³-hybridized carbons (Fsp3) is 0.421. The number of carbonyl (C=O) groups excluding carboxylic acids is 1. The van der Waals surface area contributed by atoms with Crippen molar-refractivity contribution in [2.75, 3.05) is 13.6 Å². The fourth-order valence-corrected chi connectivity index (χ4v) is 2.27. The Kier molecular flexibility index (Phi) is 4.95. The van der Waals surface area contributed by atoms with Gasteiger partial charge in [-0.05, 0) is 30.0 Å². The molecule has 1 aromatic carbocycles. The number of hydrogen-bond acceptors (Lipinski definition) is 3. The molecule has 0 spiro atoms. The van der Waals surface area contributed by atoms with Gasteiger partial charge < -0.3 is 15.1 Å². The smallest absolute Gasteiger partial charge is 0.289 e. The summed E-state index contributed by atoms with van der Waals surface area (Å²) in [5, 5.41) is 0. The van der Waals surface area contributed by atoms with Crippen LogP contribution >= 0.6 is 0 Å². The fourth-order valence-electron chi connectivity index (χ4n) is 2.27. The third kappa shape index (κ3) is 3.82. The highest BCUT2D eigenvalue weighted by molar-refractivity contribution is 5.92. The quantitative estimate of drug-likeness (QED) is 0.937. The summed E-state index contributed by atoms with van der Waals surface area (Å²) >= 11 is 0. The molecule has 0 aliphatic rings. The molecule has 1 unspecified atom stereocenters. The predicted molar refractivity (Wildman–Crippen MR) is 93.5 cm³/mol. The van der Waals surface area contributed by atoms with Gasteiger partial charge in [-0.3, -0.25) is 4.79 Å². The molecule has 0 fully saturated rings. The first-order chi connectivity index (χ1) is 10.7. The lowest BCUT2D eigenvalue weighted by Gasteiger charge is -2.22. The minimum absolute atomic E-state index is 0.0258. The largest absolute Gasteiger partial charge is 0.451 e. The van der Waals surface area contributed by atoms with Gasteiger partial charge in [-0.15, -0.1) is 0 Å². The molecular weight excluding hydrogens is 288 g/mol. The van der Waals surface area contributed by atoms with Gasteiger partial charge in [0.25, 0.3) is 5.91 Å². The van der Waals surface area contributed by atoms with Crippen molar-refractivity contribution in [2.24, 2.45) is 5.73 Å². The molecule has 4 nitrogen and oxygen atoms in total. The predicted octanol–water partition coefficient (Wildman–Crippen LogP) is 3.66. The number of amides is 1. The molecule has 2 N–H and O–H groups in total. The van der Waals surface area contributed by atoms with Crippen molar-refractivity contribution in [3.63, 3.8) is 0 Å². The van der Waals surface area contributed by atoms with Crippen LogP contribution in [0.2, 0.25) is 0 Å². The van der Waals surface area contributed by atoms with Crippen molar-refractivity contribution in [3.05, 3.63) is 47.7 Å². The van der Waals surface area contributed by atoms with Crippen LogP contribution in [0.4, 0.5) is 0 Å². The van der Waals surface area contributed by atoms with E-state index >= 15 is 0 Å². The van der Waals surface area contributed by atoms with Gasteiger partial charge in [0.05, 0.1) is 0 Å². The van der Waals surface area contributed by atoms with E-state index in [2.05, 4.69) is 32.9 Å². The number of carbonyl (C=O) groups is 1. The lowest BCUT2D eigenvalue weighted by atomic mass is 9.86. The van der Waals surface area contributed by atoms with Gasteiger partial charge in [-0.25, -0.2) is 0 Å². The number of furan rings is 1. The summed E-state index contributed by atoms with van der Waals surface area (Å²) in [4.78, 5) is 14.0. The molecule has 1 aromatic heterocycles. The van der Waals surface area contributed by atoms with E-state index in [4.69, 9.17) is 10.2 Å². The van der Waals surface area contributed by atoms with Gasteiger partial charge in [0, 0.05) is 25.2 Å². The highest BCUT2D eigenvalue weighted by Gasteiger charge is 2.20. The monoisotopic (exact) mass is 314 g/mol. The zero-order chi connectivity index (χ0) is 17.2. The standard InChI is InChI=1S/C19H26N2O2/c1-13(12-20)21(5)18(22)17-11-10-16(23-17)14-6-8-15(9-7-14)19(2,3)4/h6-11,13H,12,20H2,1-5H3. The Morgan fingerprint density at radius 2 is 1.78 bits per heavy atom. The maximum Gasteiger partial charge on any atom is 0.289 e. The Balaban J connectivity index is 2.21. The molecule has 4 heteroatoms. The number of likely N-dealkylation sites (N-methyl/N-ethyl adjacent to an activating group) is 1. The average molecular weight is 314 g/mol. The summed E-state index contributed by atoms with van der Waals surface area (Å²) in [6.07, 6.45) is 0. The molecule has 0 radical (unpaired) electrons. The van der Waals surface area contributed by atoms with Crippen LogP contribution in [0, 0.1) is 0 Å². The molecule has 124 valence electrons. The second-order valence-electron chi connectivity index (χ2n) is 6.99. The first-order valence-corrected chi connectivity index (χ1v) is 7.92. The van der Waals surface area contributed by atoms with Crippen LogP contribution in [0.15, 0.2) is 40.8 Å². The van der Waals surface area contributed by atoms with E-state index in [1.165, 1.54) is 5.56 Å². The van der Waals surface area contributed by atoms with Crippen LogP contribution in [0.5, 0.6) is 0 Å². The molecule has 0 aliphatic heterocycles. The van der Waals surface area contributed by atoms with Gasteiger partial charge in [-0.1, -0.05) is 45.0 Å². The van der Waals surface area contributed by atoms with Gasteiger partial charge in [-0.2, -0.15) is 0 Å². The van der Waals surface area contributed by atoms with Crippen molar-refractivity contribution in [1.29, 1.82) is 0 Å². The summed E-state index contributed by atoms with van der Waals surface area (Å²) in [6, 6.07) is 11.8. The zero-order valence-corrected chi connectivity index (χ0v) is 14.6. The van der Waals surface area contributed by atoms with Crippen molar-refractivity contribution in [3.8, 4) is 11.3 Å². The van der Waals surface area contributed by atoms with E-state index in [0.717, 1.165) is 5.56 Å². The third-order valence-electron chi connectivity index (χ3n) is 4.17. The molecule has 0 saturated carbocycles. The summed E-state index contributed by atoms with van der Waals surface area (Å²) in [5.74, 6) is 0.880. The van der Waals surface area contributed by atoms with E-state index < -0.39 is 0 Å². The van der Waals surface area contributed by atoms with Crippen LogP contribution in [-0.2, 0) is 5.41 Å². The van der Waals surface area contributed by atoms with Crippen molar-refractivity contribution < 1.29 is 9.21 Å². The summed E-state index contributed by atoms with van der Waals surface area (Å²) in [6.45, 7) is 8.87. The summed E-state index contributed by atoms with van der Waals surface area (Å²) < 4.78 is 5.74. The summed E-state index contributed by atoms with van der Waals surface area (Å²) in [5.41, 5.74) is 7.95. The molecule has 2 aromatic rings. The van der Waals surface area contributed by atoms with E-state index in [1.807, 2.05) is 25.1 Å². The van der Waals surface area contributed by atoms with E-state index in [9.17, 15) is 4.79 Å². The first kappa shape index (κ1) is 17.3. The topological polar surface area (TPSA) is 59.5 Å². The van der Waals surface area contributed by atoms with Gasteiger partial charge in [0.1, 0.15) is 5.76 Å². The number of benzene rings is 1. The highest BCUT2D eigenvalue weighted by Crippen LogP contribution is 2.27. The third-order valence-corrected chi connectivity index (χ3v) is 4.17. The van der Waals surface area contributed by atoms with Crippen molar-refractivity contribution in [2.45, 2.75) is 39.2 Å². The number of nitrogens with two attached hydrogens (primary N) is 1.